The molecule has 1 rings (SSSR count). The average Bonchev–Trinajstić information content (AvgIpc) is 2.51. The summed E-state index contributed by atoms with van der Waals surface area (Å²) in [5.41, 5.74) is -0.448. The molecule has 3 amide bonds. The Bertz CT molecular complexity index is 317. The number of likely N-dealkylation sites (N-methyl/N-ethyl adjacent to an activating group) is 2. The van der Waals surface area contributed by atoms with E-state index in [1.807, 2.05) is 13.8 Å². The van der Waals surface area contributed by atoms with Crippen molar-refractivity contribution in [2.75, 3.05) is 34.3 Å². The molecule has 1 heterocycles. The molecule has 98 valence electrons. The van der Waals surface area contributed by atoms with Crippen molar-refractivity contribution < 1.29 is 14.3 Å². The fourth-order valence-corrected chi connectivity index (χ4v) is 1.83. The lowest BCUT2D eigenvalue weighted by Crippen LogP contribution is -2.54. The number of amides is 3. The Morgan fingerprint density at radius 1 is 1.47 bits per heavy atom. The molecular formula is C11H21N3O3. The van der Waals surface area contributed by atoms with Crippen LogP contribution in [-0.4, -0.2) is 67.7 Å². The Labute approximate surface area is 102 Å². The molecule has 0 aliphatic carbocycles. The Morgan fingerprint density at radius 3 is 2.41 bits per heavy atom. The molecule has 0 aromatic rings. The molecule has 0 radical (unpaired) electrons. The summed E-state index contributed by atoms with van der Waals surface area (Å²) < 4.78 is 5.37. The number of imide groups is 1. The van der Waals surface area contributed by atoms with E-state index in [0.29, 0.717) is 6.54 Å². The van der Waals surface area contributed by atoms with Gasteiger partial charge in [0.15, 0.2) is 0 Å². The minimum atomic E-state index is -0.448. The maximum absolute atomic E-state index is 11.7. The molecule has 0 aromatic carbocycles. The highest BCUT2D eigenvalue weighted by Crippen LogP contribution is 2.17. The summed E-state index contributed by atoms with van der Waals surface area (Å²) in [5.74, 6) is -0.162. The van der Waals surface area contributed by atoms with Crippen LogP contribution >= 0.6 is 0 Å². The second-order valence-corrected chi connectivity index (χ2v) is 4.79. The lowest BCUT2D eigenvalue weighted by Gasteiger charge is -2.34. The van der Waals surface area contributed by atoms with Crippen LogP contribution in [0.25, 0.3) is 0 Å². The summed E-state index contributed by atoms with van der Waals surface area (Å²) in [5, 5.41) is 3.09. The van der Waals surface area contributed by atoms with Crippen LogP contribution in [0, 0.1) is 0 Å². The molecule has 0 bridgehead atoms. The van der Waals surface area contributed by atoms with Gasteiger partial charge in [-0.25, -0.2) is 4.79 Å². The first-order chi connectivity index (χ1) is 7.83. The summed E-state index contributed by atoms with van der Waals surface area (Å²) in [6.45, 7) is 4.31. The van der Waals surface area contributed by atoms with Gasteiger partial charge in [-0.15, -0.1) is 0 Å². The highest BCUT2D eigenvalue weighted by atomic mass is 16.5. The van der Waals surface area contributed by atoms with E-state index in [0.717, 1.165) is 0 Å². The number of carbonyl (C=O) groups excluding carboxylic acids is 2. The van der Waals surface area contributed by atoms with Crippen molar-refractivity contribution in [1.29, 1.82) is 0 Å². The van der Waals surface area contributed by atoms with E-state index in [1.54, 1.807) is 21.2 Å². The Kier molecular flexibility index (Phi) is 4.11. The van der Waals surface area contributed by atoms with Gasteiger partial charge < -0.3 is 15.0 Å². The predicted octanol–water partition coefficient (Wildman–Crippen LogP) is -0.107. The van der Waals surface area contributed by atoms with E-state index in [9.17, 15) is 9.59 Å². The van der Waals surface area contributed by atoms with Gasteiger partial charge in [0.2, 0.25) is 5.91 Å². The number of nitrogens with zero attached hydrogens (tertiary/aromatic N) is 2. The van der Waals surface area contributed by atoms with E-state index in [2.05, 4.69) is 5.32 Å². The van der Waals surface area contributed by atoms with Crippen LogP contribution in [0.1, 0.15) is 13.8 Å². The molecule has 0 saturated carbocycles. The molecule has 17 heavy (non-hydrogen) atoms. The van der Waals surface area contributed by atoms with E-state index in [1.165, 1.54) is 9.80 Å². The van der Waals surface area contributed by atoms with Crippen LogP contribution in [0.2, 0.25) is 0 Å². The lowest BCUT2D eigenvalue weighted by atomic mass is 9.98. The van der Waals surface area contributed by atoms with E-state index < -0.39 is 5.60 Å². The van der Waals surface area contributed by atoms with E-state index in [4.69, 9.17) is 4.74 Å². The third kappa shape index (κ3) is 2.76. The molecule has 1 saturated heterocycles. The summed E-state index contributed by atoms with van der Waals surface area (Å²) >= 11 is 0. The highest BCUT2D eigenvalue weighted by Gasteiger charge is 2.38. The summed E-state index contributed by atoms with van der Waals surface area (Å²) in [6, 6.07) is -0.353. The van der Waals surface area contributed by atoms with Gasteiger partial charge in [0.25, 0.3) is 0 Å². The molecule has 6 nitrogen and oxygen atoms in total. The molecule has 1 aliphatic rings. The van der Waals surface area contributed by atoms with Crippen molar-refractivity contribution in [3.8, 4) is 0 Å². The predicted molar refractivity (Wildman–Crippen MR) is 63.7 cm³/mol. The Hall–Kier alpha value is -1.14. The molecule has 1 aliphatic heterocycles. The first kappa shape index (κ1) is 13.9. The van der Waals surface area contributed by atoms with Gasteiger partial charge in [0.1, 0.15) is 6.54 Å². The Morgan fingerprint density at radius 2 is 2.06 bits per heavy atom. The molecule has 6 heteroatoms. The maximum atomic E-state index is 11.7. The highest BCUT2D eigenvalue weighted by molar-refractivity contribution is 6.01. The molecule has 1 fully saturated rings. The molecule has 1 N–H and O–H groups in total. The number of rotatable bonds is 5. The first-order valence-electron chi connectivity index (χ1n) is 5.61. The number of nitrogens with one attached hydrogen (secondary N) is 1. The molecule has 0 aromatic heterocycles. The number of urea groups is 1. The monoisotopic (exact) mass is 243 g/mol. The van der Waals surface area contributed by atoms with Crippen LogP contribution in [-0.2, 0) is 9.53 Å². The van der Waals surface area contributed by atoms with E-state index in [-0.39, 0.29) is 24.5 Å². The van der Waals surface area contributed by atoms with Crippen molar-refractivity contribution in [3.05, 3.63) is 0 Å². The number of hydrogen-bond donors (Lipinski definition) is 1. The van der Waals surface area contributed by atoms with Crippen LogP contribution < -0.4 is 5.32 Å². The van der Waals surface area contributed by atoms with Gasteiger partial charge >= 0.3 is 6.03 Å². The smallest absolute Gasteiger partial charge is 0.327 e. The number of carbonyl (C=O) groups is 2. The largest absolute Gasteiger partial charge is 0.377 e. The zero-order valence-corrected chi connectivity index (χ0v) is 11.1. The maximum Gasteiger partial charge on any atom is 0.327 e. The van der Waals surface area contributed by atoms with E-state index >= 15 is 0 Å². The third-order valence-electron chi connectivity index (χ3n) is 3.31. The fourth-order valence-electron chi connectivity index (χ4n) is 1.83. The second-order valence-electron chi connectivity index (χ2n) is 4.79. The van der Waals surface area contributed by atoms with Crippen molar-refractivity contribution in [1.82, 2.24) is 15.1 Å². The quantitative estimate of drug-likeness (QED) is 0.685. The lowest BCUT2D eigenvalue weighted by molar-refractivity contribution is -0.126. The summed E-state index contributed by atoms with van der Waals surface area (Å²) in [4.78, 5) is 26.1. The van der Waals surface area contributed by atoms with Crippen LogP contribution in [0.4, 0.5) is 4.79 Å². The first-order valence-corrected chi connectivity index (χ1v) is 5.61. The number of hydrogen-bond acceptors (Lipinski definition) is 4. The molecule has 1 unspecified atom stereocenters. The number of ether oxygens (including phenoxy) is 1. The van der Waals surface area contributed by atoms with Crippen LogP contribution in [0.3, 0.4) is 0 Å². The van der Waals surface area contributed by atoms with Crippen molar-refractivity contribution >= 4 is 11.9 Å². The van der Waals surface area contributed by atoms with Crippen molar-refractivity contribution in [2.24, 2.45) is 0 Å². The Balaban J connectivity index is 2.76. The molecule has 0 spiro atoms. The SMILES string of the molecule is CNC(CN1C(=O)CN(C)C1=O)C(C)(C)OC. The van der Waals surface area contributed by atoms with Gasteiger partial charge in [0, 0.05) is 20.7 Å². The third-order valence-corrected chi connectivity index (χ3v) is 3.31. The second kappa shape index (κ2) is 5.01. The van der Waals surface area contributed by atoms with Gasteiger partial charge in [-0.3, -0.25) is 9.69 Å². The normalized spacial score (nSPS) is 19.1. The fraction of sp³-hybridized carbons (Fsp3) is 0.818. The van der Waals surface area contributed by atoms with Crippen LogP contribution in [0.15, 0.2) is 0 Å². The standard InChI is InChI=1S/C11H21N3O3/c1-11(2,17-5)8(12-3)6-14-9(15)7-13(4)10(14)16/h8,12H,6-7H2,1-5H3. The number of methoxy groups -OCH3 is 1. The molecular weight excluding hydrogens is 222 g/mol. The average molecular weight is 243 g/mol. The molecule has 1 atom stereocenters. The van der Waals surface area contributed by atoms with Gasteiger partial charge in [-0.1, -0.05) is 0 Å². The minimum Gasteiger partial charge on any atom is -0.377 e. The zero-order chi connectivity index (χ0) is 13.2. The van der Waals surface area contributed by atoms with Gasteiger partial charge in [-0.2, -0.15) is 0 Å². The summed E-state index contributed by atoms with van der Waals surface area (Å²) in [7, 11) is 5.03. The topological polar surface area (TPSA) is 61.9 Å². The van der Waals surface area contributed by atoms with Gasteiger partial charge in [-0.05, 0) is 20.9 Å². The summed E-state index contributed by atoms with van der Waals surface area (Å²) in [6.07, 6.45) is 0. The van der Waals surface area contributed by atoms with Crippen LogP contribution in [0.5, 0.6) is 0 Å². The zero-order valence-electron chi connectivity index (χ0n) is 11.1. The van der Waals surface area contributed by atoms with Crippen molar-refractivity contribution in [3.63, 3.8) is 0 Å². The van der Waals surface area contributed by atoms with Gasteiger partial charge in [0.05, 0.1) is 11.6 Å². The van der Waals surface area contributed by atoms with Crippen molar-refractivity contribution in [2.45, 2.75) is 25.5 Å². The minimum absolute atomic E-state index is 0.105.